The molecule has 1 heterocycles. The number of hydrogen-bond acceptors (Lipinski definition) is 4. The highest BCUT2D eigenvalue weighted by Crippen LogP contribution is 2.26. The van der Waals surface area contributed by atoms with E-state index in [1.165, 1.54) is 32.1 Å². The molecular weight excluding hydrogens is 340 g/mol. The van der Waals surface area contributed by atoms with Crippen LogP contribution in [0.3, 0.4) is 0 Å². The summed E-state index contributed by atoms with van der Waals surface area (Å²) in [6, 6.07) is 8.21. The van der Waals surface area contributed by atoms with Crippen LogP contribution < -0.4 is 10.1 Å². The predicted octanol–water partition coefficient (Wildman–Crippen LogP) is 3.25. The van der Waals surface area contributed by atoms with Crippen molar-refractivity contribution in [3.8, 4) is 5.75 Å². The summed E-state index contributed by atoms with van der Waals surface area (Å²) in [6.07, 6.45) is 10.1. The number of hydrogen-bond donors (Lipinski definition) is 2. The van der Waals surface area contributed by atoms with Crippen LogP contribution >= 0.6 is 0 Å². The molecule has 150 valence electrons. The molecule has 5 heteroatoms. The zero-order chi connectivity index (χ0) is 19.1. The zero-order valence-electron chi connectivity index (χ0n) is 16.6. The molecule has 5 nitrogen and oxygen atoms in total. The third kappa shape index (κ3) is 5.45. The van der Waals surface area contributed by atoms with E-state index in [-0.39, 0.29) is 5.91 Å². The topological polar surface area (TPSA) is 61.8 Å². The highest BCUT2D eigenvalue weighted by molar-refractivity contribution is 5.86. The second-order valence-corrected chi connectivity index (χ2v) is 8.14. The van der Waals surface area contributed by atoms with Gasteiger partial charge in [-0.15, -0.1) is 0 Å². The van der Waals surface area contributed by atoms with E-state index in [0.29, 0.717) is 32.1 Å². The second-order valence-electron chi connectivity index (χ2n) is 8.14. The summed E-state index contributed by atoms with van der Waals surface area (Å²) in [7, 11) is 1.64. The number of carbonyl (C=O) groups is 1. The molecule has 1 aliphatic heterocycles. The van der Waals surface area contributed by atoms with E-state index >= 15 is 0 Å². The Labute approximate surface area is 163 Å². The fraction of sp³-hybridized carbons (Fsp3) is 0.682. The minimum absolute atomic E-state index is 0.144. The summed E-state index contributed by atoms with van der Waals surface area (Å²) in [5.41, 5.74) is -0.251. The number of methoxy groups -OCH3 is 1. The van der Waals surface area contributed by atoms with Crippen LogP contribution in [0.15, 0.2) is 24.3 Å². The molecule has 1 aromatic carbocycles. The van der Waals surface area contributed by atoms with Gasteiger partial charge in [0.15, 0.2) is 5.60 Å². The number of carbonyl (C=O) groups excluding carboxylic acids is 1. The van der Waals surface area contributed by atoms with Gasteiger partial charge in [0.2, 0.25) is 0 Å². The first-order valence-corrected chi connectivity index (χ1v) is 10.5. The Morgan fingerprint density at radius 3 is 2.67 bits per heavy atom. The van der Waals surface area contributed by atoms with Crippen LogP contribution in [0.1, 0.15) is 63.4 Å². The number of rotatable bonds is 6. The maximum Gasteiger partial charge on any atom is 0.256 e. The SMILES string of the molecule is COc1cccc(CN2CCCC(O)(CNC3CCCCCCC3)C2=O)c1. The largest absolute Gasteiger partial charge is 0.497 e. The van der Waals surface area contributed by atoms with Gasteiger partial charge in [0.05, 0.1) is 7.11 Å². The van der Waals surface area contributed by atoms with Crippen molar-refractivity contribution in [3.05, 3.63) is 29.8 Å². The Kier molecular flexibility index (Phi) is 7.13. The molecule has 0 bridgehead atoms. The molecule has 1 aromatic rings. The molecule has 1 unspecified atom stereocenters. The molecule has 27 heavy (non-hydrogen) atoms. The molecule has 2 aliphatic rings. The lowest BCUT2D eigenvalue weighted by molar-refractivity contribution is -0.157. The summed E-state index contributed by atoms with van der Waals surface area (Å²) >= 11 is 0. The minimum Gasteiger partial charge on any atom is -0.497 e. The molecule has 0 radical (unpaired) electrons. The first-order chi connectivity index (χ1) is 13.1. The van der Waals surface area contributed by atoms with Gasteiger partial charge >= 0.3 is 0 Å². The van der Waals surface area contributed by atoms with Crippen LogP contribution in [0.4, 0.5) is 0 Å². The Bertz CT molecular complexity index is 613. The van der Waals surface area contributed by atoms with Crippen LogP contribution in [0, 0.1) is 0 Å². The van der Waals surface area contributed by atoms with Crippen molar-refractivity contribution in [1.29, 1.82) is 0 Å². The Hall–Kier alpha value is -1.59. The van der Waals surface area contributed by atoms with Crippen LogP contribution in [0.2, 0.25) is 0 Å². The minimum atomic E-state index is -1.28. The van der Waals surface area contributed by atoms with E-state index in [4.69, 9.17) is 4.74 Å². The highest BCUT2D eigenvalue weighted by Gasteiger charge is 2.42. The second kappa shape index (κ2) is 9.56. The van der Waals surface area contributed by atoms with E-state index in [1.54, 1.807) is 12.0 Å². The third-order valence-electron chi connectivity index (χ3n) is 6.00. The smallest absolute Gasteiger partial charge is 0.256 e. The van der Waals surface area contributed by atoms with E-state index in [2.05, 4.69) is 5.32 Å². The predicted molar refractivity (Wildman–Crippen MR) is 107 cm³/mol. The lowest BCUT2D eigenvalue weighted by Gasteiger charge is -2.39. The first kappa shape index (κ1) is 20.2. The lowest BCUT2D eigenvalue weighted by atomic mass is 9.90. The van der Waals surface area contributed by atoms with Crippen molar-refractivity contribution in [2.24, 2.45) is 0 Å². The monoisotopic (exact) mass is 374 g/mol. The molecule has 1 aliphatic carbocycles. The number of benzene rings is 1. The van der Waals surface area contributed by atoms with E-state index < -0.39 is 5.60 Å². The van der Waals surface area contributed by atoms with E-state index in [9.17, 15) is 9.90 Å². The van der Waals surface area contributed by atoms with Crippen molar-refractivity contribution in [3.63, 3.8) is 0 Å². The summed E-state index contributed by atoms with van der Waals surface area (Å²) < 4.78 is 5.27. The number of ether oxygens (including phenoxy) is 1. The first-order valence-electron chi connectivity index (χ1n) is 10.5. The number of piperidine rings is 1. The quantitative estimate of drug-likeness (QED) is 0.802. The normalized spacial score (nSPS) is 25.1. The van der Waals surface area contributed by atoms with Crippen molar-refractivity contribution in [2.45, 2.75) is 76.0 Å². The van der Waals surface area contributed by atoms with Crippen LogP contribution in [-0.4, -0.2) is 47.8 Å². The molecule has 1 atom stereocenters. The fourth-order valence-corrected chi connectivity index (χ4v) is 4.34. The number of aliphatic hydroxyl groups is 1. The van der Waals surface area contributed by atoms with Crippen molar-refractivity contribution >= 4 is 5.91 Å². The molecule has 0 aromatic heterocycles. The Balaban J connectivity index is 1.58. The summed E-state index contributed by atoms with van der Waals surface area (Å²) in [4.78, 5) is 14.8. The van der Waals surface area contributed by atoms with Crippen molar-refractivity contribution in [1.82, 2.24) is 10.2 Å². The van der Waals surface area contributed by atoms with Crippen molar-refractivity contribution in [2.75, 3.05) is 20.2 Å². The van der Waals surface area contributed by atoms with Crippen LogP contribution in [0.25, 0.3) is 0 Å². The Morgan fingerprint density at radius 2 is 1.93 bits per heavy atom. The molecule has 1 saturated carbocycles. The maximum absolute atomic E-state index is 13.0. The molecular formula is C22H34N2O3. The number of amides is 1. The van der Waals surface area contributed by atoms with Gasteiger partial charge < -0.3 is 20.1 Å². The average Bonchev–Trinajstić information content (AvgIpc) is 2.65. The average molecular weight is 375 g/mol. The Morgan fingerprint density at radius 1 is 1.19 bits per heavy atom. The van der Waals surface area contributed by atoms with Gasteiger partial charge in [0, 0.05) is 25.7 Å². The third-order valence-corrected chi connectivity index (χ3v) is 6.00. The van der Waals surface area contributed by atoms with Gasteiger partial charge in [0.1, 0.15) is 5.75 Å². The fourth-order valence-electron chi connectivity index (χ4n) is 4.34. The van der Waals surface area contributed by atoms with E-state index in [0.717, 1.165) is 30.6 Å². The molecule has 1 saturated heterocycles. The summed E-state index contributed by atoms with van der Waals surface area (Å²) in [5, 5.41) is 14.6. The van der Waals surface area contributed by atoms with Gasteiger partial charge in [-0.25, -0.2) is 0 Å². The molecule has 2 fully saturated rings. The maximum atomic E-state index is 13.0. The zero-order valence-corrected chi connectivity index (χ0v) is 16.6. The van der Waals surface area contributed by atoms with Crippen LogP contribution in [-0.2, 0) is 11.3 Å². The van der Waals surface area contributed by atoms with Crippen molar-refractivity contribution < 1.29 is 14.6 Å². The number of nitrogens with zero attached hydrogens (tertiary/aromatic N) is 1. The molecule has 0 spiro atoms. The van der Waals surface area contributed by atoms with Gasteiger partial charge in [-0.05, 0) is 43.4 Å². The lowest BCUT2D eigenvalue weighted by Crippen LogP contribution is -2.58. The van der Waals surface area contributed by atoms with Crippen LogP contribution in [0.5, 0.6) is 5.75 Å². The van der Waals surface area contributed by atoms with Gasteiger partial charge in [0.25, 0.3) is 5.91 Å². The van der Waals surface area contributed by atoms with Gasteiger partial charge in [-0.1, -0.05) is 44.2 Å². The summed E-state index contributed by atoms with van der Waals surface area (Å²) in [6.45, 7) is 1.58. The number of likely N-dealkylation sites (tertiary alicyclic amines) is 1. The van der Waals surface area contributed by atoms with Gasteiger partial charge in [-0.3, -0.25) is 4.79 Å². The standard InChI is InChI=1S/C22H34N2O3/c1-27-20-12-7-9-18(15-20)16-24-14-8-13-22(26,21(24)25)17-23-19-10-5-3-2-4-6-11-19/h7,9,12,15,19,23,26H,2-6,8,10-11,13-14,16-17H2,1H3. The van der Waals surface area contributed by atoms with Gasteiger partial charge in [-0.2, -0.15) is 0 Å². The number of nitrogens with one attached hydrogen (secondary N) is 1. The summed E-state index contributed by atoms with van der Waals surface area (Å²) in [5.74, 6) is 0.646. The molecule has 3 rings (SSSR count). The van der Waals surface area contributed by atoms with E-state index in [1.807, 2.05) is 24.3 Å². The molecule has 2 N–H and O–H groups in total. The molecule has 1 amide bonds. The highest BCUT2D eigenvalue weighted by atomic mass is 16.5.